The first-order valence-electron chi connectivity index (χ1n) is 6.81. The van der Waals surface area contributed by atoms with Gasteiger partial charge in [-0.05, 0) is 31.5 Å². The molecule has 124 valence electrons. The van der Waals surface area contributed by atoms with Crippen LogP contribution in [0, 0.1) is 0 Å². The third-order valence-corrected chi connectivity index (χ3v) is 5.31. The average Bonchev–Trinajstić information content (AvgIpc) is 2.46. The molecule has 22 heavy (non-hydrogen) atoms. The smallest absolute Gasteiger partial charge is 0.243 e. The SMILES string of the molecule is CC[C@@H](C)NC(=O)CN(C)S(=O)(=O)c1ccc(OC)c(Cl)c1. The molecule has 0 fully saturated rings. The molecule has 0 aliphatic heterocycles. The zero-order valence-corrected chi connectivity index (χ0v) is 14.7. The van der Waals surface area contributed by atoms with Gasteiger partial charge in [-0.3, -0.25) is 4.79 Å². The minimum atomic E-state index is -3.79. The second-order valence-corrected chi connectivity index (χ2v) is 7.39. The normalized spacial score (nSPS) is 13.0. The van der Waals surface area contributed by atoms with Crippen LogP contribution in [-0.4, -0.2) is 45.4 Å². The molecule has 1 rings (SSSR count). The highest BCUT2D eigenvalue weighted by molar-refractivity contribution is 7.89. The van der Waals surface area contributed by atoms with Gasteiger partial charge >= 0.3 is 0 Å². The van der Waals surface area contributed by atoms with E-state index in [9.17, 15) is 13.2 Å². The van der Waals surface area contributed by atoms with Crippen molar-refractivity contribution in [3.8, 4) is 5.75 Å². The van der Waals surface area contributed by atoms with Gasteiger partial charge in [-0.2, -0.15) is 4.31 Å². The summed E-state index contributed by atoms with van der Waals surface area (Å²) >= 11 is 5.95. The fourth-order valence-electron chi connectivity index (χ4n) is 1.70. The van der Waals surface area contributed by atoms with Crippen LogP contribution in [0.3, 0.4) is 0 Å². The number of nitrogens with one attached hydrogen (secondary N) is 1. The van der Waals surface area contributed by atoms with Crippen LogP contribution >= 0.6 is 11.6 Å². The number of likely N-dealkylation sites (N-methyl/N-ethyl adjacent to an activating group) is 1. The number of ether oxygens (including phenoxy) is 1. The minimum Gasteiger partial charge on any atom is -0.495 e. The Kier molecular flexibility index (Phi) is 6.65. The standard InChI is InChI=1S/C14H21ClN2O4S/c1-5-10(2)16-14(18)9-17(3)22(19,20)11-6-7-13(21-4)12(15)8-11/h6-8,10H,5,9H2,1-4H3,(H,16,18)/t10-/m1/s1. The molecule has 1 N–H and O–H groups in total. The van der Waals surface area contributed by atoms with Crippen molar-refractivity contribution < 1.29 is 17.9 Å². The fourth-order valence-corrected chi connectivity index (χ4v) is 3.17. The lowest BCUT2D eigenvalue weighted by atomic mass is 10.2. The fraction of sp³-hybridized carbons (Fsp3) is 0.500. The summed E-state index contributed by atoms with van der Waals surface area (Å²) in [5, 5.41) is 2.92. The second kappa shape index (κ2) is 7.80. The number of benzene rings is 1. The number of carbonyl (C=O) groups excluding carboxylic acids is 1. The molecular formula is C14H21ClN2O4S. The predicted molar refractivity (Wildman–Crippen MR) is 85.7 cm³/mol. The molecule has 0 spiro atoms. The lowest BCUT2D eigenvalue weighted by molar-refractivity contribution is -0.121. The van der Waals surface area contributed by atoms with Crippen LogP contribution in [0.15, 0.2) is 23.1 Å². The minimum absolute atomic E-state index is 0.000894. The molecule has 8 heteroatoms. The summed E-state index contributed by atoms with van der Waals surface area (Å²) in [6, 6.07) is 4.17. The first-order valence-corrected chi connectivity index (χ1v) is 8.63. The van der Waals surface area contributed by atoms with Crippen molar-refractivity contribution in [1.82, 2.24) is 9.62 Å². The lowest BCUT2D eigenvalue weighted by Crippen LogP contribution is -2.41. The summed E-state index contributed by atoms with van der Waals surface area (Å²) in [5.74, 6) is 0.0396. The van der Waals surface area contributed by atoms with Crippen LogP contribution < -0.4 is 10.1 Å². The van der Waals surface area contributed by atoms with Gasteiger partial charge in [0.15, 0.2) is 0 Å². The van der Waals surface area contributed by atoms with E-state index in [1.807, 2.05) is 13.8 Å². The number of amides is 1. The molecule has 0 unspecified atom stereocenters. The highest BCUT2D eigenvalue weighted by Gasteiger charge is 2.24. The molecule has 0 saturated heterocycles. The number of sulfonamides is 1. The van der Waals surface area contributed by atoms with Gasteiger partial charge in [-0.1, -0.05) is 18.5 Å². The third-order valence-electron chi connectivity index (χ3n) is 3.22. The van der Waals surface area contributed by atoms with Gasteiger partial charge in [0, 0.05) is 13.1 Å². The highest BCUT2D eigenvalue weighted by atomic mass is 35.5. The molecule has 0 aromatic heterocycles. The van der Waals surface area contributed by atoms with Gasteiger partial charge in [-0.15, -0.1) is 0 Å². The molecule has 0 heterocycles. The molecule has 6 nitrogen and oxygen atoms in total. The molecule has 0 saturated carbocycles. The van der Waals surface area contributed by atoms with Crippen molar-refractivity contribution in [2.45, 2.75) is 31.2 Å². The van der Waals surface area contributed by atoms with Crippen LogP contribution in [0.5, 0.6) is 5.75 Å². The molecule has 1 atom stereocenters. The van der Waals surface area contributed by atoms with E-state index in [1.54, 1.807) is 0 Å². The number of hydrogen-bond donors (Lipinski definition) is 1. The molecule has 1 aromatic rings. The first-order chi connectivity index (χ1) is 10.2. The topological polar surface area (TPSA) is 75.7 Å². The van der Waals surface area contributed by atoms with Crippen molar-refractivity contribution >= 4 is 27.5 Å². The summed E-state index contributed by atoms with van der Waals surface area (Å²) in [5.41, 5.74) is 0. The van der Waals surface area contributed by atoms with Gasteiger partial charge in [-0.25, -0.2) is 8.42 Å². The van der Waals surface area contributed by atoms with Crippen molar-refractivity contribution in [3.05, 3.63) is 23.2 Å². The van der Waals surface area contributed by atoms with Crippen LogP contribution in [-0.2, 0) is 14.8 Å². The van der Waals surface area contributed by atoms with Gasteiger partial charge < -0.3 is 10.1 Å². The van der Waals surface area contributed by atoms with Crippen molar-refractivity contribution in [2.75, 3.05) is 20.7 Å². The Bertz CT molecular complexity index is 634. The Morgan fingerprint density at radius 1 is 1.45 bits per heavy atom. The molecule has 1 amide bonds. The van der Waals surface area contributed by atoms with Gasteiger partial charge in [0.05, 0.1) is 23.6 Å². The summed E-state index contributed by atoms with van der Waals surface area (Å²) in [4.78, 5) is 11.8. The maximum atomic E-state index is 12.4. The Labute approximate surface area is 136 Å². The number of carbonyl (C=O) groups is 1. The van der Waals surface area contributed by atoms with Crippen molar-refractivity contribution in [2.24, 2.45) is 0 Å². The van der Waals surface area contributed by atoms with E-state index in [2.05, 4.69) is 5.32 Å². The first kappa shape index (κ1) is 18.7. The maximum Gasteiger partial charge on any atom is 0.243 e. The zero-order valence-electron chi connectivity index (χ0n) is 13.1. The Balaban J connectivity index is 2.89. The lowest BCUT2D eigenvalue weighted by Gasteiger charge is -2.19. The van der Waals surface area contributed by atoms with Crippen molar-refractivity contribution in [1.29, 1.82) is 0 Å². The van der Waals surface area contributed by atoms with E-state index in [0.717, 1.165) is 10.7 Å². The van der Waals surface area contributed by atoms with Crippen LogP contribution in [0.4, 0.5) is 0 Å². The Hall–Kier alpha value is -1.31. The second-order valence-electron chi connectivity index (χ2n) is 4.93. The van der Waals surface area contributed by atoms with Crippen LogP contribution in [0.2, 0.25) is 5.02 Å². The van der Waals surface area contributed by atoms with E-state index >= 15 is 0 Å². The Morgan fingerprint density at radius 3 is 2.59 bits per heavy atom. The summed E-state index contributed by atoms with van der Waals surface area (Å²) in [6.45, 7) is 3.54. The predicted octanol–water partition coefficient (Wildman–Crippen LogP) is 1.88. The number of nitrogens with zero attached hydrogens (tertiary/aromatic N) is 1. The number of hydrogen-bond acceptors (Lipinski definition) is 4. The van der Waals surface area contributed by atoms with E-state index < -0.39 is 10.0 Å². The largest absolute Gasteiger partial charge is 0.495 e. The van der Waals surface area contributed by atoms with Gasteiger partial charge in [0.2, 0.25) is 15.9 Å². The van der Waals surface area contributed by atoms with Gasteiger partial charge in [0.1, 0.15) is 5.75 Å². The summed E-state index contributed by atoms with van der Waals surface area (Å²) in [6.07, 6.45) is 0.774. The van der Waals surface area contributed by atoms with E-state index in [0.29, 0.717) is 5.75 Å². The summed E-state index contributed by atoms with van der Waals surface area (Å²) in [7, 11) is -0.996. The number of rotatable bonds is 7. The monoisotopic (exact) mass is 348 g/mol. The van der Waals surface area contributed by atoms with Crippen molar-refractivity contribution in [3.63, 3.8) is 0 Å². The van der Waals surface area contributed by atoms with Crippen LogP contribution in [0.25, 0.3) is 0 Å². The van der Waals surface area contributed by atoms with E-state index in [1.165, 1.54) is 32.4 Å². The van der Waals surface area contributed by atoms with E-state index in [-0.39, 0.29) is 28.4 Å². The molecule has 0 aliphatic rings. The number of methoxy groups -OCH3 is 1. The number of halogens is 1. The Morgan fingerprint density at radius 2 is 2.09 bits per heavy atom. The van der Waals surface area contributed by atoms with Gasteiger partial charge in [0.25, 0.3) is 0 Å². The highest BCUT2D eigenvalue weighted by Crippen LogP contribution is 2.27. The van der Waals surface area contributed by atoms with Crippen LogP contribution in [0.1, 0.15) is 20.3 Å². The molecule has 0 bridgehead atoms. The van der Waals surface area contributed by atoms with E-state index in [4.69, 9.17) is 16.3 Å². The quantitative estimate of drug-likeness (QED) is 0.816. The molecule has 0 aliphatic carbocycles. The molecule has 0 radical (unpaired) electrons. The molecule has 1 aromatic carbocycles. The maximum absolute atomic E-state index is 12.4. The summed E-state index contributed by atoms with van der Waals surface area (Å²) < 4.78 is 30.8. The average molecular weight is 349 g/mol. The third kappa shape index (κ3) is 4.59. The molecular weight excluding hydrogens is 328 g/mol. The zero-order chi connectivity index (χ0) is 16.9.